The number of benzene rings is 1. The topological polar surface area (TPSA) is 58.8 Å². The van der Waals surface area contributed by atoms with Gasteiger partial charge in [0.15, 0.2) is 0 Å². The first-order valence-electron chi connectivity index (χ1n) is 7.75. The number of hydrogen-bond donors (Lipinski definition) is 1. The third kappa shape index (κ3) is 3.29. The second-order valence-electron chi connectivity index (χ2n) is 5.76. The molecule has 0 bridgehead atoms. The van der Waals surface area contributed by atoms with Crippen molar-refractivity contribution >= 4 is 17.3 Å². The number of hydrogen-bond acceptors (Lipinski definition) is 4. The van der Waals surface area contributed by atoms with Gasteiger partial charge in [0.05, 0.1) is 0 Å². The number of nitrogen functional groups attached to an aromatic ring is 1. The summed E-state index contributed by atoms with van der Waals surface area (Å²) in [6, 6.07) is 7.92. The first-order chi connectivity index (χ1) is 10.2. The number of carbonyl (C=O) groups excluding carboxylic acids is 1. The Bertz CT molecular complexity index is 475. The molecule has 1 aromatic carbocycles. The number of carbonyl (C=O) groups is 1. The molecule has 1 aromatic rings. The maximum absolute atomic E-state index is 12.4. The van der Waals surface area contributed by atoms with Crippen LogP contribution in [0.2, 0.25) is 0 Å². The van der Waals surface area contributed by atoms with Crippen LogP contribution in [-0.2, 0) is 9.53 Å². The molecule has 5 heteroatoms. The minimum atomic E-state index is -0.207. The quantitative estimate of drug-likeness (QED) is 0.838. The zero-order chi connectivity index (χ0) is 14.7. The Balaban J connectivity index is 1.54. The smallest absolute Gasteiger partial charge is 0.251 e. The minimum Gasteiger partial charge on any atom is -0.399 e. The van der Waals surface area contributed by atoms with Crippen LogP contribution in [0.15, 0.2) is 24.3 Å². The molecule has 2 saturated heterocycles. The third-order valence-corrected chi connectivity index (χ3v) is 4.30. The number of rotatable bonds is 2. The molecule has 0 aromatic heterocycles. The van der Waals surface area contributed by atoms with E-state index in [9.17, 15) is 4.79 Å². The van der Waals surface area contributed by atoms with E-state index in [1.165, 1.54) is 5.69 Å². The highest BCUT2D eigenvalue weighted by Gasteiger charge is 2.29. The lowest BCUT2D eigenvalue weighted by Gasteiger charge is -2.38. The molecular weight excluding hydrogens is 266 g/mol. The van der Waals surface area contributed by atoms with E-state index in [0.717, 1.165) is 57.7 Å². The Hall–Kier alpha value is -1.75. The number of nitrogens with zero attached hydrogens (tertiary/aromatic N) is 2. The minimum absolute atomic E-state index is 0.173. The molecule has 2 heterocycles. The van der Waals surface area contributed by atoms with Crippen molar-refractivity contribution in [3.63, 3.8) is 0 Å². The van der Waals surface area contributed by atoms with Gasteiger partial charge in [-0.25, -0.2) is 0 Å². The predicted molar refractivity (Wildman–Crippen MR) is 83.2 cm³/mol. The summed E-state index contributed by atoms with van der Waals surface area (Å²) in [5.74, 6) is 0.173. The summed E-state index contributed by atoms with van der Waals surface area (Å²) < 4.78 is 5.60. The standard InChI is InChI=1S/C16H23N3O2/c17-13-4-6-14(7-5-13)18-8-10-19(11-9-18)16(20)15-3-1-2-12-21-15/h4-7,15H,1-3,8-12,17H2. The van der Waals surface area contributed by atoms with Gasteiger partial charge in [0.2, 0.25) is 0 Å². The molecule has 1 atom stereocenters. The SMILES string of the molecule is Nc1ccc(N2CCN(C(=O)C3CCCCO3)CC2)cc1. The first-order valence-corrected chi connectivity index (χ1v) is 7.75. The molecule has 2 aliphatic rings. The Labute approximate surface area is 125 Å². The summed E-state index contributed by atoms with van der Waals surface area (Å²) in [6.45, 7) is 3.98. The highest BCUT2D eigenvalue weighted by atomic mass is 16.5. The van der Waals surface area contributed by atoms with Crippen molar-refractivity contribution in [2.75, 3.05) is 43.4 Å². The van der Waals surface area contributed by atoms with Gasteiger partial charge >= 0.3 is 0 Å². The van der Waals surface area contributed by atoms with E-state index in [1.807, 2.05) is 29.2 Å². The average molecular weight is 289 g/mol. The van der Waals surface area contributed by atoms with Crippen LogP contribution in [0.1, 0.15) is 19.3 Å². The lowest BCUT2D eigenvalue weighted by Crippen LogP contribution is -2.52. The number of amides is 1. The number of ether oxygens (including phenoxy) is 1. The van der Waals surface area contributed by atoms with Gasteiger partial charge in [-0.15, -0.1) is 0 Å². The van der Waals surface area contributed by atoms with E-state index in [2.05, 4.69) is 4.90 Å². The van der Waals surface area contributed by atoms with Gasteiger partial charge in [-0.2, -0.15) is 0 Å². The molecular formula is C16H23N3O2. The van der Waals surface area contributed by atoms with Crippen LogP contribution < -0.4 is 10.6 Å². The largest absolute Gasteiger partial charge is 0.399 e. The molecule has 2 N–H and O–H groups in total. The van der Waals surface area contributed by atoms with Gasteiger partial charge in [-0.3, -0.25) is 4.79 Å². The van der Waals surface area contributed by atoms with Gasteiger partial charge in [-0.1, -0.05) is 0 Å². The zero-order valence-electron chi connectivity index (χ0n) is 12.3. The van der Waals surface area contributed by atoms with Crippen molar-refractivity contribution in [2.24, 2.45) is 0 Å². The van der Waals surface area contributed by atoms with E-state index < -0.39 is 0 Å². The maximum Gasteiger partial charge on any atom is 0.251 e. The molecule has 114 valence electrons. The highest BCUT2D eigenvalue weighted by molar-refractivity contribution is 5.81. The fourth-order valence-corrected chi connectivity index (χ4v) is 3.01. The molecule has 1 unspecified atom stereocenters. The summed E-state index contributed by atoms with van der Waals surface area (Å²) in [5.41, 5.74) is 7.67. The fraction of sp³-hybridized carbons (Fsp3) is 0.562. The van der Waals surface area contributed by atoms with Crippen LogP contribution in [0.4, 0.5) is 11.4 Å². The van der Waals surface area contributed by atoms with Crippen molar-refractivity contribution in [3.05, 3.63) is 24.3 Å². The van der Waals surface area contributed by atoms with Gasteiger partial charge in [0.1, 0.15) is 6.10 Å². The second-order valence-corrected chi connectivity index (χ2v) is 5.76. The summed E-state index contributed by atoms with van der Waals surface area (Å²) in [7, 11) is 0. The number of nitrogens with two attached hydrogens (primary N) is 1. The molecule has 1 amide bonds. The molecule has 2 aliphatic heterocycles. The van der Waals surface area contributed by atoms with Gasteiger partial charge in [-0.05, 0) is 43.5 Å². The zero-order valence-corrected chi connectivity index (χ0v) is 12.3. The number of anilines is 2. The fourth-order valence-electron chi connectivity index (χ4n) is 3.01. The Morgan fingerprint density at radius 2 is 1.81 bits per heavy atom. The average Bonchev–Trinajstić information content (AvgIpc) is 2.56. The monoisotopic (exact) mass is 289 g/mol. The molecule has 0 saturated carbocycles. The van der Waals surface area contributed by atoms with Crippen molar-refractivity contribution < 1.29 is 9.53 Å². The van der Waals surface area contributed by atoms with E-state index in [1.54, 1.807) is 0 Å². The van der Waals surface area contributed by atoms with Crippen LogP contribution in [-0.4, -0.2) is 49.7 Å². The van der Waals surface area contributed by atoms with Crippen molar-refractivity contribution in [2.45, 2.75) is 25.4 Å². The lowest BCUT2D eigenvalue weighted by atomic mass is 10.1. The molecule has 21 heavy (non-hydrogen) atoms. The van der Waals surface area contributed by atoms with Crippen molar-refractivity contribution in [1.29, 1.82) is 0 Å². The normalized spacial score (nSPS) is 23.1. The maximum atomic E-state index is 12.4. The molecule has 0 aliphatic carbocycles. The highest BCUT2D eigenvalue weighted by Crippen LogP contribution is 2.20. The van der Waals surface area contributed by atoms with E-state index in [4.69, 9.17) is 10.5 Å². The van der Waals surface area contributed by atoms with Crippen molar-refractivity contribution in [1.82, 2.24) is 4.90 Å². The summed E-state index contributed by atoms with van der Waals surface area (Å²) in [5, 5.41) is 0. The Morgan fingerprint density at radius 1 is 1.10 bits per heavy atom. The molecule has 3 rings (SSSR count). The van der Waals surface area contributed by atoms with Crippen molar-refractivity contribution in [3.8, 4) is 0 Å². The predicted octanol–water partition coefficient (Wildman–Crippen LogP) is 1.49. The van der Waals surface area contributed by atoms with E-state index in [-0.39, 0.29) is 12.0 Å². The molecule has 2 fully saturated rings. The number of piperazine rings is 1. The summed E-state index contributed by atoms with van der Waals surface area (Å²) in [6.07, 6.45) is 2.84. The Morgan fingerprint density at radius 3 is 2.43 bits per heavy atom. The van der Waals surface area contributed by atoms with Gasteiger partial charge < -0.3 is 20.3 Å². The summed E-state index contributed by atoms with van der Waals surface area (Å²) >= 11 is 0. The second kappa shape index (κ2) is 6.35. The van der Waals surface area contributed by atoms with Crippen LogP contribution in [0.5, 0.6) is 0 Å². The molecule has 0 spiro atoms. The third-order valence-electron chi connectivity index (χ3n) is 4.30. The van der Waals surface area contributed by atoms with Crippen LogP contribution in [0.25, 0.3) is 0 Å². The van der Waals surface area contributed by atoms with Crippen LogP contribution in [0.3, 0.4) is 0 Å². The summed E-state index contributed by atoms with van der Waals surface area (Å²) in [4.78, 5) is 16.7. The Kier molecular flexibility index (Phi) is 4.29. The molecule has 5 nitrogen and oxygen atoms in total. The van der Waals surface area contributed by atoms with Crippen LogP contribution >= 0.6 is 0 Å². The molecule has 0 radical (unpaired) electrons. The van der Waals surface area contributed by atoms with Gasteiger partial charge in [0, 0.05) is 44.2 Å². The first kappa shape index (κ1) is 14.2. The van der Waals surface area contributed by atoms with E-state index >= 15 is 0 Å². The van der Waals surface area contributed by atoms with E-state index in [0.29, 0.717) is 0 Å². The van der Waals surface area contributed by atoms with Gasteiger partial charge in [0.25, 0.3) is 5.91 Å². The lowest BCUT2D eigenvalue weighted by molar-refractivity contribution is -0.146. The van der Waals surface area contributed by atoms with Crippen LogP contribution in [0, 0.1) is 0 Å².